The number of nitrogens with zero attached hydrogens (tertiary/aromatic N) is 4. The van der Waals surface area contributed by atoms with Crippen molar-refractivity contribution < 1.29 is 9.50 Å². The third kappa shape index (κ3) is 3.32. The maximum absolute atomic E-state index is 13.2. The SMILES string of the molecule is CC1CC(C)(C)n2c(O)c(N=Nc3nc(-c4ccc(F)cc4)cs3)c3cc(Cl)cc1c32. The van der Waals surface area contributed by atoms with E-state index in [4.69, 9.17) is 11.6 Å². The first-order valence-corrected chi connectivity index (χ1v) is 11.2. The molecule has 0 amide bonds. The molecular weight excluding hydrogens is 435 g/mol. The Morgan fingerprint density at radius 3 is 2.71 bits per heavy atom. The van der Waals surface area contributed by atoms with E-state index >= 15 is 0 Å². The molecule has 1 unspecified atom stereocenters. The van der Waals surface area contributed by atoms with Crippen molar-refractivity contribution in [2.75, 3.05) is 0 Å². The molecular formula is C23H20ClFN4OS. The highest BCUT2D eigenvalue weighted by atomic mass is 35.5. The predicted molar refractivity (Wildman–Crippen MR) is 123 cm³/mol. The lowest BCUT2D eigenvalue weighted by Crippen LogP contribution is -2.31. The summed E-state index contributed by atoms with van der Waals surface area (Å²) in [5.41, 5.74) is 3.67. The van der Waals surface area contributed by atoms with E-state index in [0.29, 0.717) is 27.5 Å². The third-order valence-electron chi connectivity index (χ3n) is 5.82. The van der Waals surface area contributed by atoms with Crippen molar-refractivity contribution in [1.82, 2.24) is 9.55 Å². The minimum Gasteiger partial charge on any atom is -0.493 e. The Hall–Kier alpha value is -2.77. The topological polar surface area (TPSA) is 62.8 Å². The van der Waals surface area contributed by atoms with Crippen LogP contribution in [-0.4, -0.2) is 14.7 Å². The molecule has 1 atom stereocenters. The van der Waals surface area contributed by atoms with Gasteiger partial charge >= 0.3 is 0 Å². The van der Waals surface area contributed by atoms with Crippen molar-refractivity contribution in [3.8, 4) is 17.1 Å². The van der Waals surface area contributed by atoms with Crippen LogP contribution in [0.1, 0.15) is 38.7 Å². The zero-order valence-corrected chi connectivity index (χ0v) is 18.8. The van der Waals surface area contributed by atoms with E-state index < -0.39 is 0 Å². The fraction of sp³-hybridized carbons (Fsp3) is 0.261. The Morgan fingerprint density at radius 1 is 1.23 bits per heavy atom. The molecule has 5 rings (SSSR count). The zero-order chi connectivity index (χ0) is 21.9. The van der Waals surface area contributed by atoms with E-state index in [1.54, 1.807) is 12.1 Å². The number of thiazole rings is 1. The zero-order valence-electron chi connectivity index (χ0n) is 17.2. The summed E-state index contributed by atoms with van der Waals surface area (Å²) in [7, 11) is 0. The van der Waals surface area contributed by atoms with Crippen LogP contribution in [0.3, 0.4) is 0 Å². The maximum atomic E-state index is 13.2. The highest BCUT2D eigenvalue weighted by molar-refractivity contribution is 7.13. The first kappa shape index (κ1) is 20.2. The van der Waals surface area contributed by atoms with Gasteiger partial charge in [0.05, 0.1) is 11.2 Å². The highest BCUT2D eigenvalue weighted by Crippen LogP contribution is 2.51. The number of rotatable bonds is 3. The van der Waals surface area contributed by atoms with Crippen molar-refractivity contribution >= 4 is 44.7 Å². The molecule has 1 aliphatic heterocycles. The molecule has 0 fully saturated rings. The summed E-state index contributed by atoms with van der Waals surface area (Å²) in [5.74, 6) is 0.0906. The quantitative estimate of drug-likeness (QED) is 0.319. The number of aromatic hydroxyl groups is 1. The molecule has 0 saturated carbocycles. The van der Waals surface area contributed by atoms with Gasteiger partial charge in [-0.05, 0) is 68.1 Å². The Balaban J connectivity index is 1.59. The van der Waals surface area contributed by atoms with Crippen LogP contribution in [0.2, 0.25) is 5.02 Å². The van der Waals surface area contributed by atoms with E-state index in [9.17, 15) is 9.50 Å². The summed E-state index contributed by atoms with van der Waals surface area (Å²) in [6, 6.07) is 9.93. The van der Waals surface area contributed by atoms with Gasteiger partial charge in [-0.1, -0.05) is 18.5 Å². The molecule has 1 aliphatic rings. The number of azo groups is 1. The van der Waals surface area contributed by atoms with E-state index in [2.05, 4.69) is 36.0 Å². The van der Waals surface area contributed by atoms with Crippen molar-refractivity contribution in [2.24, 2.45) is 10.2 Å². The average Bonchev–Trinajstić information content (AvgIpc) is 3.28. The molecule has 158 valence electrons. The summed E-state index contributed by atoms with van der Waals surface area (Å²) in [4.78, 5) is 4.47. The minimum absolute atomic E-state index is 0.0782. The van der Waals surface area contributed by atoms with Crippen LogP contribution in [0, 0.1) is 5.82 Å². The van der Waals surface area contributed by atoms with Crippen LogP contribution in [0.25, 0.3) is 22.2 Å². The maximum Gasteiger partial charge on any atom is 0.230 e. The number of halogens is 2. The fourth-order valence-electron chi connectivity index (χ4n) is 4.55. The van der Waals surface area contributed by atoms with Crippen LogP contribution in [0.4, 0.5) is 15.2 Å². The Labute approximate surface area is 187 Å². The van der Waals surface area contributed by atoms with Crippen molar-refractivity contribution in [1.29, 1.82) is 0 Å². The molecule has 0 bridgehead atoms. The third-order valence-corrected chi connectivity index (χ3v) is 6.76. The second-order valence-corrected chi connectivity index (χ2v) is 9.81. The van der Waals surface area contributed by atoms with Crippen molar-refractivity contribution in [3.63, 3.8) is 0 Å². The van der Waals surface area contributed by atoms with Crippen LogP contribution >= 0.6 is 22.9 Å². The second-order valence-electron chi connectivity index (χ2n) is 8.54. The van der Waals surface area contributed by atoms with Crippen LogP contribution in [-0.2, 0) is 5.54 Å². The van der Waals surface area contributed by atoms with Crippen molar-refractivity contribution in [3.05, 3.63) is 58.2 Å². The first-order chi connectivity index (χ1) is 14.7. The monoisotopic (exact) mass is 454 g/mol. The van der Waals surface area contributed by atoms with Crippen LogP contribution < -0.4 is 0 Å². The predicted octanol–water partition coefficient (Wildman–Crippen LogP) is 7.92. The lowest BCUT2D eigenvalue weighted by molar-refractivity contribution is 0.267. The summed E-state index contributed by atoms with van der Waals surface area (Å²) in [5, 5.41) is 23.4. The minimum atomic E-state index is -0.293. The molecule has 2 aromatic carbocycles. The standard InChI is InChI=1S/C23H20ClFN4OS/c1-12-10-23(2,3)29-20-16(12)8-14(24)9-17(20)19(21(29)30)27-28-22-26-18(11-31-22)13-4-6-15(25)7-5-13/h4-9,11-12,30H,10H2,1-3H3. The number of hydrogen-bond donors (Lipinski definition) is 1. The summed E-state index contributed by atoms with van der Waals surface area (Å²) in [6.45, 7) is 6.39. The van der Waals surface area contributed by atoms with Gasteiger partial charge in [-0.15, -0.1) is 21.6 Å². The molecule has 2 aromatic heterocycles. The van der Waals surface area contributed by atoms with Crippen LogP contribution in [0.15, 0.2) is 52.0 Å². The van der Waals surface area contributed by atoms with E-state index in [-0.39, 0.29) is 17.2 Å². The molecule has 0 spiro atoms. The fourth-order valence-corrected chi connectivity index (χ4v) is 5.42. The van der Waals surface area contributed by atoms with Gasteiger partial charge in [-0.3, -0.25) is 0 Å². The molecule has 0 saturated heterocycles. The van der Waals surface area contributed by atoms with E-state index in [1.807, 2.05) is 22.1 Å². The first-order valence-electron chi connectivity index (χ1n) is 9.95. The highest BCUT2D eigenvalue weighted by Gasteiger charge is 2.36. The van der Waals surface area contributed by atoms with Gasteiger partial charge in [0, 0.05) is 26.9 Å². The second kappa shape index (κ2) is 7.14. The summed E-state index contributed by atoms with van der Waals surface area (Å²) >= 11 is 7.73. The van der Waals surface area contributed by atoms with Gasteiger partial charge < -0.3 is 9.67 Å². The smallest absolute Gasteiger partial charge is 0.230 e. The lowest BCUT2D eigenvalue weighted by atomic mass is 9.82. The Morgan fingerprint density at radius 2 is 1.97 bits per heavy atom. The van der Waals surface area contributed by atoms with E-state index in [0.717, 1.165) is 28.5 Å². The van der Waals surface area contributed by atoms with Crippen LogP contribution in [0.5, 0.6) is 5.88 Å². The molecule has 4 aromatic rings. The van der Waals surface area contributed by atoms with Gasteiger partial charge in [-0.2, -0.15) is 0 Å². The largest absolute Gasteiger partial charge is 0.493 e. The molecule has 31 heavy (non-hydrogen) atoms. The van der Waals surface area contributed by atoms with Crippen molar-refractivity contribution in [2.45, 2.75) is 38.6 Å². The molecule has 0 radical (unpaired) electrons. The molecule has 1 N–H and O–H groups in total. The Kier molecular flexibility index (Phi) is 4.64. The van der Waals surface area contributed by atoms with Gasteiger partial charge in [0.1, 0.15) is 5.82 Å². The average molecular weight is 455 g/mol. The number of hydrogen-bond acceptors (Lipinski definition) is 5. The Bertz CT molecular complexity index is 1340. The van der Waals surface area contributed by atoms with Gasteiger partial charge in [0.15, 0.2) is 5.69 Å². The number of benzene rings is 2. The van der Waals surface area contributed by atoms with Gasteiger partial charge in [0.2, 0.25) is 11.0 Å². The molecule has 3 heterocycles. The van der Waals surface area contributed by atoms with Gasteiger partial charge in [0.25, 0.3) is 0 Å². The van der Waals surface area contributed by atoms with Gasteiger partial charge in [-0.25, -0.2) is 9.37 Å². The summed E-state index contributed by atoms with van der Waals surface area (Å²) in [6.07, 6.45) is 0.877. The molecule has 8 heteroatoms. The molecule has 5 nitrogen and oxygen atoms in total. The molecule has 0 aliphatic carbocycles. The summed E-state index contributed by atoms with van der Waals surface area (Å²) < 4.78 is 15.1. The lowest BCUT2D eigenvalue weighted by Gasteiger charge is -2.36. The van der Waals surface area contributed by atoms with E-state index in [1.165, 1.54) is 23.5 Å². The normalized spacial score (nSPS) is 17.6. The number of aromatic nitrogens is 2.